The Bertz CT molecular complexity index is 558. The molecule has 20 heavy (non-hydrogen) atoms. The van der Waals surface area contributed by atoms with Crippen molar-refractivity contribution < 1.29 is 8.42 Å². The number of aryl methyl sites for hydroxylation is 2. The van der Waals surface area contributed by atoms with Gasteiger partial charge in [-0.05, 0) is 52.6 Å². The molecule has 1 aromatic rings. The molecule has 0 unspecified atom stereocenters. The van der Waals surface area contributed by atoms with Crippen molar-refractivity contribution in [3.63, 3.8) is 0 Å². The predicted molar refractivity (Wildman–Crippen MR) is 83.8 cm³/mol. The Kier molecular flexibility index (Phi) is 4.89. The van der Waals surface area contributed by atoms with E-state index in [0.717, 1.165) is 35.4 Å². The summed E-state index contributed by atoms with van der Waals surface area (Å²) >= 11 is 1.55. The van der Waals surface area contributed by atoms with E-state index >= 15 is 0 Å². The Morgan fingerprint density at radius 3 is 2.30 bits per heavy atom. The van der Waals surface area contributed by atoms with E-state index in [0.29, 0.717) is 10.9 Å². The van der Waals surface area contributed by atoms with Crippen molar-refractivity contribution in [1.29, 1.82) is 0 Å². The van der Waals surface area contributed by atoms with Crippen LogP contribution in [0.4, 0.5) is 0 Å². The minimum atomic E-state index is -3.35. The molecule has 1 saturated carbocycles. The molecular weight excluding hydrogens is 292 g/mol. The molecule has 0 spiro atoms. The quantitative estimate of drug-likeness (QED) is 0.928. The molecule has 4 nitrogen and oxygen atoms in total. The van der Waals surface area contributed by atoms with Crippen LogP contribution in [0.1, 0.15) is 35.4 Å². The summed E-state index contributed by atoms with van der Waals surface area (Å²) in [4.78, 5) is 2.42. The van der Waals surface area contributed by atoms with E-state index in [9.17, 15) is 8.42 Å². The third kappa shape index (κ3) is 3.08. The van der Waals surface area contributed by atoms with Crippen LogP contribution in [0.15, 0.2) is 11.0 Å². The topological polar surface area (TPSA) is 49.4 Å². The molecule has 0 atom stereocenters. The van der Waals surface area contributed by atoms with Gasteiger partial charge in [-0.15, -0.1) is 11.3 Å². The Labute approximate surface area is 126 Å². The van der Waals surface area contributed by atoms with Crippen molar-refractivity contribution in [3.8, 4) is 0 Å². The maximum Gasteiger partial charge on any atom is 0.244 e. The van der Waals surface area contributed by atoms with Gasteiger partial charge < -0.3 is 5.32 Å². The summed E-state index contributed by atoms with van der Waals surface area (Å²) in [5.41, 5.74) is 0. The van der Waals surface area contributed by atoms with Crippen LogP contribution < -0.4 is 5.32 Å². The molecule has 0 aromatic carbocycles. The molecule has 0 radical (unpaired) electrons. The fourth-order valence-electron chi connectivity index (χ4n) is 2.94. The molecule has 1 fully saturated rings. The van der Waals surface area contributed by atoms with E-state index < -0.39 is 10.0 Å². The van der Waals surface area contributed by atoms with Gasteiger partial charge in [0.25, 0.3) is 0 Å². The van der Waals surface area contributed by atoms with Crippen LogP contribution in [0.2, 0.25) is 0 Å². The highest BCUT2D eigenvalue weighted by Crippen LogP contribution is 2.31. The second-order valence-corrected chi connectivity index (χ2v) is 9.02. The molecule has 1 aliphatic carbocycles. The SMILES string of the molecule is CNC1CCC(N(C)S(=O)(=O)c2cc(C)sc2C)CC1. The molecule has 0 bridgehead atoms. The Hall–Kier alpha value is -0.430. The third-order valence-corrected chi connectivity index (χ3v) is 7.40. The Balaban J connectivity index is 2.16. The van der Waals surface area contributed by atoms with Gasteiger partial charge in [0.05, 0.1) is 4.90 Å². The standard InChI is InChI=1S/C14H24N2O2S2/c1-10-9-14(11(2)19-10)20(17,18)16(4)13-7-5-12(15-3)6-8-13/h9,12-13,15H,5-8H2,1-4H3. The molecule has 1 aliphatic rings. The number of rotatable bonds is 4. The first-order valence-corrected chi connectivity index (χ1v) is 9.34. The average molecular weight is 316 g/mol. The lowest BCUT2D eigenvalue weighted by atomic mass is 9.91. The second kappa shape index (κ2) is 6.13. The average Bonchev–Trinajstić information content (AvgIpc) is 2.77. The first-order valence-electron chi connectivity index (χ1n) is 7.08. The smallest absolute Gasteiger partial charge is 0.244 e. The Morgan fingerprint density at radius 1 is 1.25 bits per heavy atom. The molecule has 114 valence electrons. The van der Waals surface area contributed by atoms with Crippen molar-refractivity contribution >= 4 is 21.4 Å². The summed E-state index contributed by atoms with van der Waals surface area (Å²) < 4.78 is 27.1. The second-order valence-electron chi connectivity index (χ2n) is 5.59. The van der Waals surface area contributed by atoms with E-state index in [4.69, 9.17) is 0 Å². The predicted octanol–water partition coefficient (Wildman–Crippen LogP) is 2.52. The molecule has 6 heteroatoms. The summed E-state index contributed by atoms with van der Waals surface area (Å²) in [7, 11) is 0.354. The summed E-state index contributed by atoms with van der Waals surface area (Å²) in [5, 5.41) is 3.28. The van der Waals surface area contributed by atoms with Gasteiger partial charge in [0.1, 0.15) is 0 Å². The molecule has 0 aliphatic heterocycles. The van der Waals surface area contributed by atoms with E-state index in [1.807, 2.05) is 20.9 Å². The van der Waals surface area contributed by atoms with Gasteiger partial charge in [-0.25, -0.2) is 8.42 Å². The van der Waals surface area contributed by atoms with Crippen molar-refractivity contribution in [2.75, 3.05) is 14.1 Å². The largest absolute Gasteiger partial charge is 0.317 e. The van der Waals surface area contributed by atoms with Crippen LogP contribution in [-0.4, -0.2) is 38.9 Å². The number of sulfonamides is 1. The lowest BCUT2D eigenvalue weighted by molar-refractivity contribution is 0.255. The van der Waals surface area contributed by atoms with Crippen LogP contribution in [0.5, 0.6) is 0 Å². The zero-order valence-electron chi connectivity index (χ0n) is 12.6. The summed E-state index contributed by atoms with van der Waals surface area (Å²) in [5.74, 6) is 0. The third-order valence-electron chi connectivity index (χ3n) is 4.27. The number of hydrogen-bond acceptors (Lipinski definition) is 4. The van der Waals surface area contributed by atoms with E-state index in [1.165, 1.54) is 0 Å². The molecular formula is C14H24N2O2S2. The zero-order valence-corrected chi connectivity index (χ0v) is 14.3. The molecule has 1 heterocycles. The molecule has 0 amide bonds. The van der Waals surface area contributed by atoms with Crippen molar-refractivity contribution in [3.05, 3.63) is 15.8 Å². The fourth-order valence-corrected chi connectivity index (χ4v) is 5.88. The maximum atomic E-state index is 12.7. The number of thiophene rings is 1. The van der Waals surface area contributed by atoms with Gasteiger partial charge in [0.15, 0.2) is 0 Å². The minimum absolute atomic E-state index is 0.129. The van der Waals surface area contributed by atoms with Crippen molar-refractivity contribution in [1.82, 2.24) is 9.62 Å². The van der Waals surface area contributed by atoms with E-state index in [1.54, 1.807) is 28.8 Å². The number of nitrogens with one attached hydrogen (secondary N) is 1. The van der Waals surface area contributed by atoms with E-state index in [2.05, 4.69) is 5.32 Å². The van der Waals surface area contributed by atoms with Gasteiger partial charge >= 0.3 is 0 Å². The zero-order chi connectivity index (χ0) is 14.9. The lowest BCUT2D eigenvalue weighted by Crippen LogP contribution is -2.42. The van der Waals surface area contributed by atoms with Gasteiger partial charge in [0.2, 0.25) is 10.0 Å². The molecule has 1 aromatic heterocycles. The number of nitrogens with zero attached hydrogens (tertiary/aromatic N) is 1. The monoisotopic (exact) mass is 316 g/mol. The first kappa shape index (κ1) is 15.9. The highest BCUT2D eigenvalue weighted by molar-refractivity contribution is 7.89. The highest BCUT2D eigenvalue weighted by Gasteiger charge is 2.32. The number of hydrogen-bond donors (Lipinski definition) is 1. The van der Waals surface area contributed by atoms with Crippen LogP contribution in [0.25, 0.3) is 0 Å². The van der Waals surface area contributed by atoms with Gasteiger partial charge in [-0.2, -0.15) is 4.31 Å². The van der Waals surface area contributed by atoms with Crippen LogP contribution in [0.3, 0.4) is 0 Å². The van der Waals surface area contributed by atoms with Gasteiger partial charge in [-0.1, -0.05) is 0 Å². The summed E-state index contributed by atoms with van der Waals surface area (Å²) in [6.45, 7) is 3.84. The Morgan fingerprint density at radius 2 is 1.85 bits per heavy atom. The molecule has 2 rings (SSSR count). The molecule has 0 saturated heterocycles. The van der Waals surface area contributed by atoms with Crippen molar-refractivity contribution in [2.24, 2.45) is 0 Å². The van der Waals surface area contributed by atoms with Gasteiger partial charge in [0, 0.05) is 28.9 Å². The normalized spacial score (nSPS) is 24.2. The minimum Gasteiger partial charge on any atom is -0.317 e. The van der Waals surface area contributed by atoms with Crippen LogP contribution in [0, 0.1) is 13.8 Å². The summed E-state index contributed by atoms with van der Waals surface area (Å²) in [6, 6.07) is 2.46. The lowest BCUT2D eigenvalue weighted by Gasteiger charge is -2.33. The van der Waals surface area contributed by atoms with Crippen molar-refractivity contribution in [2.45, 2.75) is 56.5 Å². The molecule has 1 N–H and O–H groups in total. The van der Waals surface area contributed by atoms with E-state index in [-0.39, 0.29) is 6.04 Å². The highest BCUT2D eigenvalue weighted by atomic mass is 32.2. The van der Waals surface area contributed by atoms with Gasteiger partial charge in [-0.3, -0.25) is 0 Å². The maximum absolute atomic E-state index is 12.7. The van der Waals surface area contributed by atoms with Crippen LogP contribution in [-0.2, 0) is 10.0 Å². The summed E-state index contributed by atoms with van der Waals surface area (Å²) in [6.07, 6.45) is 3.96. The van der Waals surface area contributed by atoms with Crippen LogP contribution >= 0.6 is 11.3 Å². The first-order chi connectivity index (χ1) is 9.36. The fraction of sp³-hybridized carbons (Fsp3) is 0.714.